The summed E-state index contributed by atoms with van der Waals surface area (Å²) >= 11 is 6.25. The molecule has 0 radical (unpaired) electrons. The van der Waals surface area contributed by atoms with Crippen LogP contribution >= 0.6 is 11.6 Å². The summed E-state index contributed by atoms with van der Waals surface area (Å²) < 4.78 is 0. The number of halogens is 1. The Morgan fingerprint density at radius 1 is 1.09 bits per heavy atom. The highest BCUT2D eigenvalue weighted by atomic mass is 35.5. The van der Waals surface area contributed by atoms with Crippen LogP contribution in [0.1, 0.15) is 29.4 Å². The van der Waals surface area contributed by atoms with Crippen LogP contribution in [0.4, 0.5) is 0 Å². The van der Waals surface area contributed by atoms with Gasteiger partial charge in [-0.3, -0.25) is 14.9 Å². The molecule has 2 unspecified atom stereocenters. The quantitative estimate of drug-likeness (QED) is 0.292. The van der Waals surface area contributed by atoms with Crippen LogP contribution in [0.15, 0.2) is 79.1 Å². The zero-order chi connectivity index (χ0) is 25.0. The number of nitrogens with one attached hydrogen (secondary N) is 2. The van der Waals surface area contributed by atoms with Gasteiger partial charge in [0.2, 0.25) is 0 Å². The average molecular weight is 491 g/mol. The molecule has 0 saturated carbocycles. The second-order valence-electron chi connectivity index (χ2n) is 8.21. The van der Waals surface area contributed by atoms with E-state index in [2.05, 4.69) is 20.5 Å². The van der Waals surface area contributed by atoms with Crippen LogP contribution < -0.4 is 5.32 Å². The van der Waals surface area contributed by atoms with Crippen LogP contribution in [0, 0.1) is 0 Å². The summed E-state index contributed by atoms with van der Waals surface area (Å²) in [6.07, 6.45) is 3.02. The summed E-state index contributed by atoms with van der Waals surface area (Å²) in [5.41, 5.74) is 1.08. The van der Waals surface area contributed by atoms with Gasteiger partial charge in [0.05, 0.1) is 5.69 Å². The number of aromatic nitrogens is 3. The van der Waals surface area contributed by atoms with Crippen LogP contribution in [0.25, 0.3) is 22.4 Å². The Labute approximate surface area is 206 Å². The lowest BCUT2D eigenvalue weighted by Crippen LogP contribution is -2.44. The predicted molar refractivity (Wildman–Crippen MR) is 132 cm³/mol. The van der Waals surface area contributed by atoms with Gasteiger partial charge in [-0.15, -0.1) is 0 Å². The molecule has 2 heterocycles. The van der Waals surface area contributed by atoms with Gasteiger partial charge in [-0.1, -0.05) is 54.1 Å². The maximum atomic E-state index is 12.7. The number of aliphatic hydroxyl groups is 1. The molecule has 0 bridgehead atoms. The number of pyridine rings is 1. The van der Waals surface area contributed by atoms with Crippen LogP contribution in [0.3, 0.4) is 0 Å². The summed E-state index contributed by atoms with van der Waals surface area (Å²) in [4.78, 5) is 28.8. The molecule has 4 aromatic rings. The Bertz CT molecular complexity index is 1340. The molecule has 2 atom stereocenters. The fraction of sp³-hybridized carbons (Fsp3) is 0.154. The molecule has 8 nitrogen and oxygen atoms in total. The van der Waals surface area contributed by atoms with E-state index in [1.165, 1.54) is 0 Å². The number of aromatic amines is 1. The molecular formula is C26H23ClN4O4. The number of carbonyl (C=O) groups is 2. The number of amides is 1. The molecule has 9 heteroatoms. The van der Waals surface area contributed by atoms with Crippen molar-refractivity contribution in [2.75, 3.05) is 0 Å². The van der Waals surface area contributed by atoms with Crippen molar-refractivity contribution in [3.63, 3.8) is 0 Å². The molecule has 0 saturated heterocycles. The normalized spacial score (nSPS) is 13.6. The highest BCUT2D eigenvalue weighted by Crippen LogP contribution is 2.32. The fourth-order valence-electron chi connectivity index (χ4n) is 3.85. The number of carboxylic acids is 1. The molecule has 1 amide bonds. The lowest BCUT2D eigenvalue weighted by atomic mass is 9.86. The summed E-state index contributed by atoms with van der Waals surface area (Å²) in [5, 5.41) is 31.0. The molecule has 2 aromatic heterocycles. The first-order chi connectivity index (χ1) is 16.8. The minimum absolute atomic E-state index is 0.197. The summed E-state index contributed by atoms with van der Waals surface area (Å²) in [7, 11) is 0. The lowest BCUT2D eigenvalue weighted by Gasteiger charge is -2.27. The van der Waals surface area contributed by atoms with Crippen molar-refractivity contribution in [3.05, 3.63) is 95.4 Å². The maximum absolute atomic E-state index is 12.7. The van der Waals surface area contributed by atoms with Gasteiger partial charge in [-0.2, -0.15) is 5.10 Å². The number of hydrogen-bond donors (Lipinski definition) is 4. The minimum atomic E-state index is -2.21. The fourth-order valence-corrected chi connectivity index (χ4v) is 4.09. The van der Waals surface area contributed by atoms with Gasteiger partial charge in [0, 0.05) is 41.0 Å². The van der Waals surface area contributed by atoms with Crippen molar-refractivity contribution >= 4 is 23.5 Å². The van der Waals surface area contributed by atoms with Crippen molar-refractivity contribution in [2.24, 2.45) is 0 Å². The van der Waals surface area contributed by atoms with Crippen LogP contribution in [0.5, 0.6) is 0 Å². The van der Waals surface area contributed by atoms with Crippen molar-refractivity contribution in [1.82, 2.24) is 20.5 Å². The van der Waals surface area contributed by atoms with Crippen molar-refractivity contribution in [2.45, 2.75) is 25.0 Å². The molecule has 4 rings (SSSR count). The topological polar surface area (TPSA) is 128 Å². The van der Waals surface area contributed by atoms with Crippen LogP contribution in [-0.4, -0.2) is 43.3 Å². The number of rotatable bonds is 8. The Balaban J connectivity index is 1.48. The van der Waals surface area contributed by atoms with Gasteiger partial charge in [0.1, 0.15) is 5.69 Å². The number of hydrogen-bond acceptors (Lipinski definition) is 5. The predicted octanol–water partition coefficient (Wildman–Crippen LogP) is 4.27. The smallest absolute Gasteiger partial charge is 0.340 e. The van der Waals surface area contributed by atoms with Crippen LogP contribution in [0.2, 0.25) is 5.02 Å². The van der Waals surface area contributed by atoms with Crippen LogP contribution in [-0.2, 0) is 10.4 Å². The number of carbonyl (C=O) groups excluding carboxylic acids is 1. The molecule has 0 aliphatic carbocycles. The molecule has 0 fully saturated rings. The van der Waals surface area contributed by atoms with Gasteiger partial charge in [-0.05, 0) is 42.3 Å². The lowest BCUT2D eigenvalue weighted by molar-refractivity contribution is -0.161. The third-order valence-electron chi connectivity index (χ3n) is 5.66. The van der Waals surface area contributed by atoms with Gasteiger partial charge in [0.25, 0.3) is 5.91 Å². The van der Waals surface area contributed by atoms with E-state index in [9.17, 15) is 19.8 Å². The number of nitrogens with zero attached hydrogens (tertiary/aromatic N) is 2. The second kappa shape index (κ2) is 10.1. The summed E-state index contributed by atoms with van der Waals surface area (Å²) in [6.45, 7) is 1.63. The van der Waals surface area contributed by atoms with Crippen molar-refractivity contribution < 1.29 is 19.8 Å². The van der Waals surface area contributed by atoms with E-state index in [0.29, 0.717) is 10.7 Å². The second-order valence-corrected chi connectivity index (χ2v) is 8.62. The summed E-state index contributed by atoms with van der Waals surface area (Å²) in [6, 6.07) is 18.3. The minimum Gasteiger partial charge on any atom is -0.479 e. The third-order valence-corrected chi connectivity index (χ3v) is 5.99. The van der Waals surface area contributed by atoms with Gasteiger partial charge < -0.3 is 15.5 Å². The SMILES string of the molecule is CC(CC(O)(C(=O)O)c1ccc(-c2ccccc2Cl)cc1)NC(=O)c1cc(-c2cccnc2)n[nH]1. The highest BCUT2D eigenvalue weighted by Gasteiger charge is 2.40. The first kappa shape index (κ1) is 24.1. The van der Waals surface area contributed by atoms with E-state index in [1.807, 2.05) is 24.3 Å². The standard InChI is InChI=1S/C26H23ClN4O4/c1-16(29-24(32)23-13-22(30-31-23)18-5-4-12-28-15-18)14-26(35,25(33)34)19-10-8-17(9-11-19)20-6-2-3-7-21(20)27/h2-13,15-16,35H,14H2,1H3,(H,29,32)(H,30,31)(H,33,34). The molecule has 35 heavy (non-hydrogen) atoms. The van der Waals surface area contributed by atoms with E-state index in [-0.39, 0.29) is 17.7 Å². The first-order valence-electron chi connectivity index (χ1n) is 10.9. The third kappa shape index (κ3) is 5.24. The average Bonchev–Trinajstić information content (AvgIpc) is 3.35. The van der Waals surface area contributed by atoms with Gasteiger partial charge in [0.15, 0.2) is 5.60 Å². The summed E-state index contributed by atoms with van der Waals surface area (Å²) in [5.74, 6) is -1.88. The first-order valence-corrected chi connectivity index (χ1v) is 11.2. The largest absolute Gasteiger partial charge is 0.479 e. The number of carboxylic acid groups (broad SMARTS) is 1. The van der Waals surface area contributed by atoms with E-state index < -0.39 is 23.5 Å². The number of benzene rings is 2. The molecule has 2 aromatic carbocycles. The van der Waals surface area contributed by atoms with E-state index in [1.54, 1.807) is 61.8 Å². The van der Waals surface area contributed by atoms with E-state index in [4.69, 9.17) is 11.6 Å². The maximum Gasteiger partial charge on any atom is 0.340 e. The van der Waals surface area contributed by atoms with Crippen molar-refractivity contribution in [3.8, 4) is 22.4 Å². The number of aliphatic carboxylic acids is 1. The number of H-pyrrole nitrogens is 1. The Morgan fingerprint density at radius 2 is 1.83 bits per heavy atom. The zero-order valence-corrected chi connectivity index (χ0v) is 19.5. The van der Waals surface area contributed by atoms with E-state index in [0.717, 1.165) is 16.7 Å². The van der Waals surface area contributed by atoms with E-state index >= 15 is 0 Å². The highest BCUT2D eigenvalue weighted by molar-refractivity contribution is 6.33. The molecule has 0 aliphatic heterocycles. The van der Waals surface area contributed by atoms with Gasteiger partial charge in [-0.25, -0.2) is 4.79 Å². The molecule has 4 N–H and O–H groups in total. The molecular weight excluding hydrogens is 468 g/mol. The monoisotopic (exact) mass is 490 g/mol. The molecule has 0 spiro atoms. The Morgan fingerprint density at radius 3 is 2.49 bits per heavy atom. The Kier molecular flexibility index (Phi) is 6.95. The van der Waals surface area contributed by atoms with Gasteiger partial charge >= 0.3 is 5.97 Å². The molecule has 0 aliphatic rings. The Hall–Kier alpha value is -4.01. The molecule has 178 valence electrons. The zero-order valence-electron chi connectivity index (χ0n) is 18.8. The van der Waals surface area contributed by atoms with Crippen molar-refractivity contribution in [1.29, 1.82) is 0 Å².